The highest BCUT2D eigenvalue weighted by molar-refractivity contribution is 6.00. The lowest BCUT2D eigenvalue weighted by Crippen LogP contribution is -2.27. The van der Waals surface area contributed by atoms with Crippen LogP contribution in [0.15, 0.2) is 48.5 Å². The van der Waals surface area contributed by atoms with E-state index in [1.807, 2.05) is 0 Å². The zero-order valence-electron chi connectivity index (χ0n) is 14.0. The lowest BCUT2D eigenvalue weighted by Gasteiger charge is -2.15. The van der Waals surface area contributed by atoms with Gasteiger partial charge < -0.3 is 10.6 Å². The lowest BCUT2D eigenvalue weighted by molar-refractivity contribution is -0.116. The van der Waals surface area contributed by atoms with Crippen molar-refractivity contribution in [3.63, 3.8) is 0 Å². The predicted octanol–water partition coefficient (Wildman–Crippen LogP) is 2.96. The number of carbonyl (C=O) groups excluding carboxylic acids is 3. The number of halogens is 1. The molecule has 0 bridgehead atoms. The maximum absolute atomic E-state index is 12.9. The predicted molar refractivity (Wildman–Crippen MR) is 95.8 cm³/mol. The van der Waals surface area contributed by atoms with Crippen LogP contribution in [0.1, 0.15) is 23.2 Å². The highest BCUT2D eigenvalue weighted by atomic mass is 19.1. The van der Waals surface area contributed by atoms with Gasteiger partial charge in [-0.2, -0.15) is 0 Å². The Morgan fingerprint density at radius 1 is 1.12 bits per heavy atom. The van der Waals surface area contributed by atoms with E-state index >= 15 is 0 Å². The molecular formula is C19H18FN3O3. The summed E-state index contributed by atoms with van der Waals surface area (Å²) in [4.78, 5) is 37.4. The van der Waals surface area contributed by atoms with Gasteiger partial charge in [0.25, 0.3) is 0 Å². The van der Waals surface area contributed by atoms with E-state index < -0.39 is 5.82 Å². The second-order valence-corrected chi connectivity index (χ2v) is 5.91. The normalized spacial score (nSPS) is 13.4. The Morgan fingerprint density at radius 2 is 1.88 bits per heavy atom. The van der Waals surface area contributed by atoms with E-state index in [9.17, 15) is 18.8 Å². The molecule has 2 N–H and O–H groups in total. The summed E-state index contributed by atoms with van der Waals surface area (Å²) in [6.45, 7) is 1.16. The molecule has 0 atom stereocenters. The molecule has 0 aromatic heterocycles. The SMILES string of the molecule is O=C(CCC(=O)c1ccc(F)cc1)Nc1cccc(N2CCNC2=O)c1. The van der Waals surface area contributed by atoms with Crippen LogP contribution in [0.25, 0.3) is 0 Å². The van der Waals surface area contributed by atoms with Gasteiger partial charge in [-0.15, -0.1) is 0 Å². The van der Waals surface area contributed by atoms with E-state index in [0.29, 0.717) is 30.0 Å². The molecule has 134 valence electrons. The second-order valence-electron chi connectivity index (χ2n) is 5.91. The van der Waals surface area contributed by atoms with Gasteiger partial charge in [-0.1, -0.05) is 6.07 Å². The number of nitrogens with zero attached hydrogens (tertiary/aromatic N) is 1. The number of ketones is 1. The first-order chi connectivity index (χ1) is 12.5. The number of urea groups is 1. The summed E-state index contributed by atoms with van der Waals surface area (Å²) in [7, 11) is 0. The Kier molecular flexibility index (Phi) is 5.26. The van der Waals surface area contributed by atoms with Crippen molar-refractivity contribution in [3.8, 4) is 0 Å². The van der Waals surface area contributed by atoms with Gasteiger partial charge in [0.2, 0.25) is 5.91 Å². The van der Waals surface area contributed by atoms with E-state index in [-0.39, 0.29) is 30.6 Å². The first-order valence-electron chi connectivity index (χ1n) is 8.27. The van der Waals surface area contributed by atoms with Crippen molar-refractivity contribution < 1.29 is 18.8 Å². The minimum atomic E-state index is -0.411. The van der Waals surface area contributed by atoms with E-state index in [1.54, 1.807) is 29.2 Å². The third kappa shape index (κ3) is 4.24. The van der Waals surface area contributed by atoms with Gasteiger partial charge in [0, 0.05) is 42.9 Å². The summed E-state index contributed by atoms with van der Waals surface area (Å²) in [6, 6.07) is 12.0. The monoisotopic (exact) mass is 355 g/mol. The minimum Gasteiger partial charge on any atom is -0.336 e. The van der Waals surface area contributed by atoms with E-state index in [1.165, 1.54) is 24.3 Å². The smallest absolute Gasteiger partial charge is 0.321 e. The first-order valence-corrected chi connectivity index (χ1v) is 8.27. The molecule has 26 heavy (non-hydrogen) atoms. The number of amides is 3. The van der Waals surface area contributed by atoms with Gasteiger partial charge >= 0.3 is 6.03 Å². The first kappa shape index (κ1) is 17.6. The van der Waals surface area contributed by atoms with Crippen LogP contribution in [0.2, 0.25) is 0 Å². The van der Waals surface area contributed by atoms with Crippen LogP contribution < -0.4 is 15.5 Å². The lowest BCUT2D eigenvalue weighted by atomic mass is 10.1. The molecule has 1 heterocycles. The number of benzene rings is 2. The molecule has 7 heteroatoms. The van der Waals surface area contributed by atoms with Crippen LogP contribution in [-0.2, 0) is 4.79 Å². The molecule has 3 rings (SSSR count). The maximum atomic E-state index is 12.9. The Morgan fingerprint density at radius 3 is 2.58 bits per heavy atom. The Labute approximate surface area is 150 Å². The van der Waals surface area contributed by atoms with E-state index in [4.69, 9.17) is 0 Å². The molecule has 2 aromatic carbocycles. The summed E-state index contributed by atoms with van der Waals surface area (Å²) in [5.74, 6) is -0.933. The molecule has 6 nitrogen and oxygen atoms in total. The number of carbonyl (C=O) groups is 3. The van der Waals surface area contributed by atoms with Crippen molar-refractivity contribution in [1.29, 1.82) is 0 Å². The molecule has 2 aromatic rings. The van der Waals surface area contributed by atoms with Gasteiger partial charge in [-0.25, -0.2) is 9.18 Å². The summed E-state index contributed by atoms with van der Waals surface area (Å²) in [6.07, 6.45) is 0.0519. The highest BCUT2D eigenvalue weighted by Gasteiger charge is 2.21. The van der Waals surface area contributed by atoms with Gasteiger partial charge in [0.05, 0.1) is 0 Å². The molecule has 0 unspecified atom stereocenters. The third-order valence-electron chi connectivity index (χ3n) is 4.04. The summed E-state index contributed by atoms with van der Waals surface area (Å²) in [5.41, 5.74) is 1.63. The number of nitrogens with one attached hydrogen (secondary N) is 2. The number of Topliss-reactive ketones (excluding diaryl/α,β-unsaturated/α-hetero) is 1. The number of anilines is 2. The Balaban J connectivity index is 1.55. The summed E-state index contributed by atoms with van der Waals surface area (Å²) < 4.78 is 12.9. The molecule has 3 amide bonds. The largest absolute Gasteiger partial charge is 0.336 e. The van der Waals surface area contributed by atoms with Crippen LogP contribution in [-0.4, -0.2) is 30.8 Å². The fourth-order valence-electron chi connectivity index (χ4n) is 2.70. The fraction of sp³-hybridized carbons (Fsp3) is 0.211. The molecule has 1 aliphatic heterocycles. The standard InChI is InChI=1S/C19H18FN3O3/c20-14-6-4-13(5-7-14)17(24)8-9-18(25)22-15-2-1-3-16(12-15)23-11-10-21-19(23)26/h1-7,12H,8-11H2,(H,21,26)(H,22,25). The van der Waals surface area contributed by atoms with Crippen LogP contribution in [0.3, 0.4) is 0 Å². The van der Waals surface area contributed by atoms with Gasteiger partial charge in [0.1, 0.15) is 5.82 Å². The minimum absolute atomic E-state index is 0.0185. The van der Waals surface area contributed by atoms with Crippen molar-refractivity contribution in [2.75, 3.05) is 23.3 Å². The number of hydrogen-bond acceptors (Lipinski definition) is 3. The van der Waals surface area contributed by atoms with Crippen LogP contribution in [0, 0.1) is 5.82 Å². The van der Waals surface area contributed by atoms with Crippen LogP contribution >= 0.6 is 0 Å². The number of hydrogen-bond donors (Lipinski definition) is 2. The van der Waals surface area contributed by atoms with Gasteiger partial charge in [-0.05, 0) is 42.5 Å². The highest BCUT2D eigenvalue weighted by Crippen LogP contribution is 2.21. The fourth-order valence-corrected chi connectivity index (χ4v) is 2.70. The van der Waals surface area contributed by atoms with Gasteiger partial charge in [0.15, 0.2) is 5.78 Å². The van der Waals surface area contributed by atoms with Crippen molar-refractivity contribution in [3.05, 3.63) is 59.9 Å². The van der Waals surface area contributed by atoms with Crippen molar-refractivity contribution >= 4 is 29.1 Å². The van der Waals surface area contributed by atoms with Gasteiger partial charge in [-0.3, -0.25) is 14.5 Å². The molecule has 0 spiro atoms. The molecule has 1 aliphatic rings. The van der Waals surface area contributed by atoms with Crippen LogP contribution in [0.5, 0.6) is 0 Å². The van der Waals surface area contributed by atoms with E-state index in [0.717, 1.165) is 0 Å². The third-order valence-corrected chi connectivity index (χ3v) is 4.04. The van der Waals surface area contributed by atoms with Crippen LogP contribution in [0.4, 0.5) is 20.6 Å². The van der Waals surface area contributed by atoms with Crippen molar-refractivity contribution in [2.24, 2.45) is 0 Å². The average Bonchev–Trinajstić information content (AvgIpc) is 3.06. The molecule has 1 saturated heterocycles. The van der Waals surface area contributed by atoms with Crippen molar-refractivity contribution in [1.82, 2.24) is 5.32 Å². The zero-order valence-corrected chi connectivity index (χ0v) is 14.0. The Bertz CT molecular complexity index is 836. The summed E-state index contributed by atoms with van der Waals surface area (Å²) >= 11 is 0. The quantitative estimate of drug-likeness (QED) is 0.782. The Hall–Kier alpha value is -3.22. The van der Waals surface area contributed by atoms with E-state index in [2.05, 4.69) is 10.6 Å². The molecule has 0 aliphatic carbocycles. The number of rotatable bonds is 6. The molecule has 0 saturated carbocycles. The molecule has 0 radical (unpaired) electrons. The average molecular weight is 355 g/mol. The van der Waals surface area contributed by atoms with Crippen molar-refractivity contribution in [2.45, 2.75) is 12.8 Å². The zero-order chi connectivity index (χ0) is 18.5. The summed E-state index contributed by atoms with van der Waals surface area (Å²) in [5, 5.41) is 5.45. The molecular weight excluding hydrogens is 337 g/mol. The molecule has 1 fully saturated rings. The maximum Gasteiger partial charge on any atom is 0.321 e. The topological polar surface area (TPSA) is 78.5 Å². The second kappa shape index (κ2) is 7.77.